The zero-order chi connectivity index (χ0) is 20.5. The van der Waals surface area contributed by atoms with Gasteiger partial charge in [-0.25, -0.2) is 0 Å². The van der Waals surface area contributed by atoms with Gasteiger partial charge in [0, 0.05) is 25.2 Å². The molecule has 6 heteroatoms. The Balaban J connectivity index is 1.40. The molecule has 0 spiro atoms. The van der Waals surface area contributed by atoms with Gasteiger partial charge in [-0.05, 0) is 36.6 Å². The Morgan fingerprint density at radius 3 is 2.38 bits per heavy atom. The summed E-state index contributed by atoms with van der Waals surface area (Å²) in [5.74, 6) is 0.953. The molecule has 1 N–H and O–H groups in total. The normalized spacial score (nSPS) is 14.6. The third-order valence-corrected chi connectivity index (χ3v) is 4.82. The molecule has 1 aliphatic rings. The van der Waals surface area contributed by atoms with Crippen molar-refractivity contribution in [1.29, 1.82) is 0 Å². The summed E-state index contributed by atoms with van der Waals surface area (Å²) in [7, 11) is 1.56. The van der Waals surface area contributed by atoms with Crippen LogP contribution in [0.5, 0.6) is 11.5 Å². The van der Waals surface area contributed by atoms with Crippen LogP contribution in [0.4, 0.5) is 0 Å². The zero-order valence-corrected chi connectivity index (χ0v) is 16.5. The van der Waals surface area contributed by atoms with Gasteiger partial charge in [0.1, 0.15) is 0 Å². The standard InChI is InChI=1S/C23H26N2O4/c1-28-20-9-5-6-10-21(20)29-17-22(26)24-19-13-15-25(16-14-19)23(27)12-11-18-7-3-2-4-8-18/h2-12,19H,13-17H2,1H3,(H,24,26)/b12-11+. The molecule has 6 nitrogen and oxygen atoms in total. The molecule has 1 fully saturated rings. The molecule has 29 heavy (non-hydrogen) atoms. The van der Waals surface area contributed by atoms with Gasteiger partial charge in [-0.2, -0.15) is 0 Å². The molecule has 0 aliphatic carbocycles. The van der Waals surface area contributed by atoms with Gasteiger partial charge in [-0.1, -0.05) is 42.5 Å². The fraction of sp³-hybridized carbons (Fsp3) is 0.304. The number of nitrogens with one attached hydrogen (secondary N) is 1. The molecular weight excluding hydrogens is 368 g/mol. The maximum absolute atomic E-state index is 12.3. The Morgan fingerprint density at radius 2 is 1.69 bits per heavy atom. The molecule has 0 saturated carbocycles. The monoisotopic (exact) mass is 394 g/mol. The van der Waals surface area contributed by atoms with E-state index in [1.807, 2.05) is 53.4 Å². The van der Waals surface area contributed by atoms with Crippen molar-refractivity contribution >= 4 is 17.9 Å². The van der Waals surface area contributed by atoms with Crippen LogP contribution in [0.25, 0.3) is 6.08 Å². The molecule has 1 aliphatic heterocycles. The molecular formula is C23H26N2O4. The molecule has 1 heterocycles. The third kappa shape index (κ3) is 6.10. The molecule has 0 bridgehead atoms. The highest BCUT2D eigenvalue weighted by Crippen LogP contribution is 2.25. The highest BCUT2D eigenvalue weighted by molar-refractivity contribution is 5.91. The molecule has 2 amide bonds. The number of rotatable bonds is 7. The number of piperidine rings is 1. The van der Waals surface area contributed by atoms with Gasteiger partial charge in [0.15, 0.2) is 18.1 Å². The highest BCUT2D eigenvalue weighted by Gasteiger charge is 2.23. The van der Waals surface area contributed by atoms with Crippen LogP contribution in [0.1, 0.15) is 18.4 Å². The summed E-state index contributed by atoms with van der Waals surface area (Å²) in [6.07, 6.45) is 4.89. The van der Waals surface area contributed by atoms with Gasteiger partial charge in [0.05, 0.1) is 7.11 Å². The van der Waals surface area contributed by atoms with Gasteiger partial charge in [-0.3, -0.25) is 9.59 Å². The number of nitrogens with zero attached hydrogens (tertiary/aromatic N) is 1. The van der Waals surface area contributed by atoms with Crippen molar-refractivity contribution in [2.75, 3.05) is 26.8 Å². The van der Waals surface area contributed by atoms with E-state index in [9.17, 15) is 9.59 Å². The van der Waals surface area contributed by atoms with Gasteiger partial charge < -0.3 is 19.7 Å². The van der Waals surface area contributed by atoms with E-state index in [0.29, 0.717) is 24.6 Å². The van der Waals surface area contributed by atoms with E-state index in [1.165, 1.54) is 0 Å². The summed E-state index contributed by atoms with van der Waals surface area (Å²) in [6, 6.07) is 17.0. The molecule has 152 valence electrons. The Morgan fingerprint density at radius 1 is 1.03 bits per heavy atom. The van der Waals surface area contributed by atoms with Crippen LogP contribution >= 0.6 is 0 Å². The van der Waals surface area contributed by atoms with Crippen molar-refractivity contribution in [1.82, 2.24) is 10.2 Å². The van der Waals surface area contributed by atoms with Gasteiger partial charge in [0.25, 0.3) is 5.91 Å². The summed E-state index contributed by atoms with van der Waals surface area (Å²) >= 11 is 0. The van der Waals surface area contributed by atoms with E-state index in [2.05, 4.69) is 5.32 Å². The largest absolute Gasteiger partial charge is 0.493 e. The van der Waals surface area contributed by atoms with E-state index in [-0.39, 0.29) is 24.5 Å². The predicted octanol–water partition coefficient (Wildman–Crippen LogP) is 2.89. The van der Waals surface area contributed by atoms with Crippen molar-refractivity contribution in [2.24, 2.45) is 0 Å². The van der Waals surface area contributed by atoms with E-state index < -0.39 is 0 Å². The first kappa shape index (κ1) is 20.5. The lowest BCUT2D eigenvalue weighted by Gasteiger charge is -2.31. The number of carbonyl (C=O) groups excluding carboxylic acids is 2. The SMILES string of the molecule is COc1ccccc1OCC(=O)NC1CCN(C(=O)/C=C/c2ccccc2)CC1. The van der Waals surface area contributed by atoms with E-state index in [0.717, 1.165) is 18.4 Å². The fourth-order valence-electron chi connectivity index (χ4n) is 3.23. The van der Waals surface area contributed by atoms with Crippen LogP contribution < -0.4 is 14.8 Å². The second-order valence-electron chi connectivity index (χ2n) is 6.85. The van der Waals surface area contributed by atoms with E-state index >= 15 is 0 Å². The number of hydrogen-bond donors (Lipinski definition) is 1. The van der Waals surface area contributed by atoms with Crippen LogP contribution in [-0.2, 0) is 9.59 Å². The Kier molecular flexibility index (Phi) is 7.28. The number of hydrogen-bond acceptors (Lipinski definition) is 4. The van der Waals surface area contributed by atoms with Crippen LogP contribution in [0.3, 0.4) is 0 Å². The average Bonchev–Trinajstić information content (AvgIpc) is 2.77. The molecule has 2 aromatic rings. The van der Waals surface area contributed by atoms with Crippen molar-refractivity contribution in [2.45, 2.75) is 18.9 Å². The van der Waals surface area contributed by atoms with Crippen molar-refractivity contribution in [3.8, 4) is 11.5 Å². The van der Waals surface area contributed by atoms with Crippen LogP contribution in [0.15, 0.2) is 60.7 Å². The van der Waals surface area contributed by atoms with E-state index in [4.69, 9.17) is 9.47 Å². The van der Waals surface area contributed by atoms with E-state index in [1.54, 1.807) is 25.3 Å². The predicted molar refractivity (Wildman–Crippen MR) is 112 cm³/mol. The molecule has 0 radical (unpaired) electrons. The molecule has 0 unspecified atom stereocenters. The van der Waals surface area contributed by atoms with Gasteiger partial charge in [0.2, 0.25) is 5.91 Å². The molecule has 2 aromatic carbocycles. The minimum atomic E-state index is -0.176. The first-order chi connectivity index (χ1) is 14.2. The van der Waals surface area contributed by atoms with Gasteiger partial charge in [-0.15, -0.1) is 0 Å². The lowest BCUT2D eigenvalue weighted by molar-refractivity contribution is -0.127. The summed E-state index contributed by atoms with van der Waals surface area (Å²) in [6.45, 7) is 1.17. The number of benzene rings is 2. The summed E-state index contributed by atoms with van der Waals surface area (Å²) in [4.78, 5) is 26.3. The summed E-state index contributed by atoms with van der Waals surface area (Å²) in [5.41, 5.74) is 0.998. The van der Waals surface area contributed by atoms with Crippen LogP contribution in [0.2, 0.25) is 0 Å². The quantitative estimate of drug-likeness (QED) is 0.734. The third-order valence-electron chi connectivity index (χ3n) is 4.82. The topological polar surface area (TPSA) is 67.9 Å². The number of carbonyl (C=O) groups is 2. The van der Waals surface area contributed by atoms with Crippen molar-refractivity contribution in [3.63, 3.8) is 0 Å². The fourth-order valence-corrected chi connectivity index (χ4v) is 3.23. The Bertz CT molecular complexity index is 843. The average molecular weight is 394 g/mol. The zero-order valence-electron chi connectivity index (χ0n) is 16.5. The van der Waals surface area contributed by atoms with Crippen LogP contribution in [-0.4, -0.2) is 49.6 Å². The number of amides is 2. The number of para-hydroxylation sites is 2. The molecule has 0 aromatic heterocycles. The molecule has 1 saturated heterocycles. The first-order valence-electron chi connectivity index (χ1n) is 9.73. The Labute approximate surface area is 171 Å². The number of ether oxygens (including phenoxy) is 2. The molecule has 3 rings (SSSR count). The summed E-state index contributed by atoms with van der Waals surface area (Å²) < 4.78 is 10.8. The minimum Gasteiger partial charge on any atom is -0.493 e. The molecule has 0 atom stereocenters. The Hall–Kier alpha value is -3.28. The van der Waals surface area contributed by atoms with Crippen LogP contribution in [0, 0.1) is 0 Å². The first-order valence-corrected chi connectivity index (χ1v) is 9.73. The van der Waals surface area contributed by atoms with Gasteiger partial charge >= 0.3 is 0 Å². The highest BCUT2D eigenvalue weighted by atomic mass is 16.5. The summed E-state index contributed by atoms with van der Waals surface area (Å²) in [5, 5.41) is 2.98. The lowest BCUT2D eigenvalue weighted by atomic mass is 10.0. The lowest BCUT2D eigenvalue weighted by Crippen LogP contribution is -2.47. The number of methoxy groups -OCH3 is 1. The smallest absolute Gasteiger partial charge is 0.258 e. The second kappa shape index (κ2) is 10.3. The maximum Gasteiger partial charge on any atom is 0.258 e. The minimum absolute atomic E-state index is 0.00173. The maximum atomic E-state index is 12.3. The number of likely N-dealkylation sites (tertiary alicyclic amines) is 1. The second-order valence-corrected chi connectivity index (χ2v) is 6.85. The van der Waals surface area contributed by atoms with Crippen molar-refractivity contribution in [3.05, 3.63) is 66.2 Å². The van der Waals surface area contributed by atoms with Crippen molar-refractivity contribution < 1.29 is 19.1 Å².